The molecular formula is C30H38N4O5S. The Morgan fingerprint density at radius 1 is 0.950 bits per heavy atom. The second-order valence-corrected chi connectivity index (χ2v) is 11.7. The van der Waals surface area contributed by atoms with E-state index in [1.807, 2.05) is 49.4 Å². The van der Waals surface area contributed by atoms with Gasteiger partial charge in [-0.05, 0) is 34.9 Å². The molecule has 214 valence electrons. The minimum Gasteiger partial charge on any atom is -0.378 e. The Balaban J connectivity index is 1.48. The number of fused-ring (bicyclic) bond motifs is 1. The Bertz CT molecular complexity index is 1380. The molecule has 0 aromatic heterocycles. The van der Waals surface area contributed by atoms with Gasteiger partial charge in [0.05, 0.1) is 18.1 Å². The first kappa shape index (κ1) is 29.5. The number of carbonyl (C=O) groups excluding carboxylic acids is 2. The number of ether oxygens (including phenoxy) is 1. The van der Waals surface area contributed by atoms with E-state index in [0.29, 0.717) is 39.1 Å². The van der Waals surface area contributed by atoms with Crippen LogP contribution in [0.3, 0.4) is 0 Å². The van der Waals surface area contributed by atoms with Gasteiger partial charge in [0.15, 0.2) is 0 Å². The van der Waals surface area contributed by atoms with Gasteiger partial charge in [0.2, 0.25) is 15.9 Å². The van der Waals surface area contributed by atoms with Crippen LogP contribution in [0.1, 0.15) is 31.7 Å². The van der Waals surface area contributed by atoms with Gasteiger partial charge >= 0.3 is 6.03 Å². The molecule has 3 N–H and O–H groups in total. The summed E-state index contributed by atoms with van der Waals surface area (Å²) in [6, 6.07) is 20.5. The van der Waals surface area contributed by atoms with Crippen molar-refractivity contribution in [2.45, 2.75) is 49.6 Å². The van der Waals surface area contributed by atoms with E-state index >= 15 is 0 Å². The molecule has 1 unspecified atom stereocenters. The van der Waals surface area contributed by atoms with E-state index < -0.39 is 22.1 Å². The van der Waals surface area contributed by atoms with Crippen LogP contribution in [0.4, 0.5) is 4.79 Å². The fourth-order valence-corrected chi connectivity index (χ4v) is 6.00. The van der Waals surface area contributed by atoms with E-state index in [1.165, 1.54) is 0 Å². The largest absolute Gasteiger partial charge is 0.378 e. The Kier molecular flexibility index (Phi) is 10.5. The lowest BCUT2D eigenvalue weighted by atomic mass is 10.0. The van der Waals surface area contributed by atoms with Gasteiger partial charge in [-0.1, -0.05) is 80.4 Å². The van der Waals surface area contributed by atoms with Crippen molar-refractivity contribution in [2.75, 3.05) is 32.8 Å². The second-order valence-electron chi connectivity index (χ2n) is 10.0. The zero-order valence-electron chi connectivity index (χ0n) is 22.8. The van der Waals surface area contributed by atoms with E-state index in [1.54, 1.807) is 35.2 Å². The molecule has 3 amide bonds. The maximum Gasteiger partial charge on any atom is 0.318 e. The summed E-state index contributed by atoms with van der Waals surface area (Å²) in [5.74, 6) is -0.366. The molecule has 1 aliphatic heterocycles. The van der Waals surface area contributed by atoms with Crippen LogP contribution in [0.15, 0.2) is 77.7 Å². The van der Waals surface area contributed by atoms with Crippen LogP contribution in [0.25, 0.3) is 10.8 Å². The quantitative estimate of drug-likeness (QED) is 0.311. The van der Waals surface area contributed by atoms with Gasteiger partial charge < -0.3 is 20.3 Å². The molecule has 9 nitrogen and oxygen atoms in total. The molecule has 40 heavy (non-hydrogen) atoms. The first-order valence-electron chi connectivity index (χ1n) is 13.8. The molecule has 0 aliphatic carbocycles. The van der Waals surface area contributed by atoms with Crippen LogP contribution in [-0.2, 0) is 26.0 Å². The van der Waals surface area contributed by atoms with Crippen LogP contribution in [-0.4, -0.2) is 70.2 Å². The summed E-state index contributed by atoms with van der Waals surface area (Å²) in [5.41, 5.74) is 0.911. The molecule has 0 spiro atoms. The van der Waals surface area contributed by atoms with Crippen molar-refractivity contribution < 1.29 is 22.7 Å². The van der Waals surface area contributed by atoms with Crippen LogP contribution in [0.5, 0.6) is 0 Å². The van der Waals surface area contributed by atoms with E-state index in [4.69, 9.17) is 4.74 Å². The number of unbranched alkanes of at least 4 members (excludes halogenated alkanes) is 1. The lowest BCUT2D eigenvalue weighted by Gasteiger charge is -2.29. The Labute approximate surface area is 236 Å². The first-order valence-corrected chi connectivity index (χ1v) is 15.3. The zero-order chi connectivity index (χ0) is 28.4. The highest BCUT2D eigenvalue weighted by atomic mass is 32.2. The molecule has 1 heterocycles. The molecule has 0 bridgehead atoms. The minimum atomic E-state index is -3.75. The van der Waals surface area contributed by atoms with Crippen molar-refractivity contribution in [3.63, 3.8) is 0 Å². The van der Waals surface area contributed by atoms with Gasteiger partial charge in [-0.25, -0.2) is 17.9 Å². The molecule has 4 rings (SSSR count). The van der Waals surface area contributed by atoms with Gasteiger partial charge in [0, 0.05) is 32.1 Å². The molecule has 3 aromatic rings. The average molecular weight is 567 g/mol. The summed E-state index contributed by atoms with van der Waals surface area (Å²) in [6.45, 7) is 3.95. The topological polar surface area (TPSA) is 117 Å². The maximum atomic E-state index is 13.5. The summed E-state index contributed by atoms with van der Waals surface area (Å²) in [7, 11) is -3.75. The second kappa shape index (κ2) is 14.2. The molecule has 1 aliphatic rings. The van der Waals surface area contributed by atoms with Crippen LogP contribution >= 0.6 is 0 Å². The first-order chi connectivity index (χ1) is 19.4. The molecule has 1 fully saturated rings. The molecule has 0 saturated carbocycles. The fraction of sp³-hybridized carbons (Fsp3) is 0.400. The SMILES string of the molecule is CCCCC(CNC(=O)[C@H](Cc1ccc2ccccc2c1)NC(=O)N1CCOCC1)NS(=O)(=O)c1ccccc1. The average Bonchev–Trinajstić information content (AvgIpc) is 2.98. The number of sulfonamides is 1. The van der Waals surface area contributed by atoms with Gasteiger partial charge in [0.25, 0.3) is 0 Å². The predicted molar refractivity (Wildman–Crippen MR) is 155 cm³/mol. The molecule has 1 saturated heterocycles. The number of rotatable bonds is 12. The number of hydrogen-bond acceptors (Lipinski definition) is 5. The van der Waals surface area contributed by atoms with Gasteiger partial charge in [-0.2, -0.15) is 0 Å². The normalized spacial score (nSPS) is 15.4. The number of nitrogens with zero attached hydrogens (tertiary/aromatic N) is 1. The number of amides is 3. The third-order valence-electron chi connectivity index (χ3n) is 6.97. The summed E-state index contributed by atoms with van der Waals surface area (Å²) >= 11 is 0. The summed E-state index contributed by atoms with van der Waals surface area (Å²) in [5, 5.41) is 7.95. The summed E-state index contributed by atoms with van der Waals surface area (Å²) in [6.07, 6.45) is 2.55. The zero-order valence-corrected chi connectivity index (χ0v) is 23.7. The van der Waals surface area contributed by atoms with Gasteiger partial charge in [0.1, 0.15) is 6.04 Å². The Morgan fingerprint density at radius 2 is 1.65 bits per heavy atom. The molecule has 2 atom stereocenters. The number of benzene rings is 3. The molecule has 0 radical (unpaired) electrons. The van der Waals surface area contributed by atoms with E-state index in [2.05, 4.69) is 15.4 Å². The fourth-order valence-electron chi connectivity index (χ4n) is 4.70. The number of morpholine rings is 1. The summed E-state index contributed by atoms with van der Waals surface area (Å²) < 4.78 is 34.0. The van der Waals surface area contributed by atoms with Crippen LogP contribution < -0.4 is 15.4 Å². The van der Waals surface area contributed by atoms with Crippen molar-refractivity contribution in [1.29, 1.82) is 0 Å². The number of urea groups is 1. The minimum absolute atomic E-state index is 0.104. The highest BCUT2D eigenvalue weighted by Gasteiger charge is 2.27. The molecule has 10 heteroatoms. The summed E-state index contributed by atoms with van der Waals surface area (Å²) in [4.78, 5) is 28.3. The van der Waals surface area contributed by atoms with Crippen LogP contribution in [0, 0.1) is 0 Å². The van der Waals surface area contributed by atoms with E-state index in [0.717, 1.165) is 29.2 Å². The van der Waals surface area contributed by atoms with Crippen molar-refractivity contribution in [3.05, 3.63) is 78.4 Å². The smallest absolute Gasteiger partial charge is 0.318 e. The molecular weight excluding hydrogens is 528 g/mol. The Hall–Kier alpha value is -3.47. The highest BCUT2D eigenvalue weighted by Crippen LogP contribution is 2.17. The predicted octanol–water partition coefficient (Wildman–Crippen LogP) is 3.45. The number of carbonyl (C=O) groups is 2. The number of hydrogen-bond donors (Lipinski definition) is 3. The lowest BCUT2D eigenvalue weighted by Crippen LogP contribution is -2.55. The third-order valence-corrected chi connectivity index (χ3v) is 8.51. The maximum absolute atomic E-state index is 13.5. The van der Waals surface area contributed by atoms with Crippen molar-refractivity contribution in [2.24, 2.45) is 0 Å². The lowest BCUT2D eigenvalue weighted by molar-refractivity contribution is -0.123. The number of nitrogens with one attached hydrogen (secondary N) is 3. The highest BCUT2D eigenvalue weighted by molar-refractivity contribution is 7.89. The van der Waals surface area contributed by atoms with E-state index in [9.17, 15) is 18.0 Å². The van der Waals surface area contributed by atoms with Crippen molar-refractivity contribution in [1.82, 2.24) is 20.3 Å². The monoisotopic (exact) mass is 566 g/mol. The Morgan fingerprint density at radius 3 is 2.38 bits per heavy atom. The van der Waals surface area contributed by atoms with E-state index in [-0.39, 0.29) is 23.4 Å². The van der Waals surface area contributed by atoms with Crippen molar-refractivity contribution in [3.8, 4) is 0 Å². The third kappa shape index (κ3) is 8.27. The standard InChI is InChI=1S/C30H38N4O5S/c1-2-3-11-26(33-40(37,38)27-12-5-4-6-13-27)22-31-29(35)28(32-30(36)34-16-18-39-19-17-34)21-23-14-15-24-9-7-8-10-25(24)20-23/h4-10,12-15,20,26,28,33H,2-3,11,16-19,21-22H2,1H3,(H,31,35)(H,32,36)/t26?,28-/m0/s1. The molecule has 3 aromatic carbocycles. The van der Waals surface area contributed by atoms with Crippen molar-refractivity contribution >= 4 is 32.7 Å². The van der Waals surface area contributed by atoms with Crippen LogP contribution in [0.2, 0.25) is 0 Å². The van der Waals surface area contributed by atoms with Gasteiger partial charge in [-0.15, -0.1) is 0 Å². The van der Waals surface area contributed by atoms with Gasteiger partial charge in [-0.3, -0.25) is 4.79 Å².